The van der Waals surface area contributed by atoms with E-state index in [0.29, 0.717) is 0 Å². The minimum absolute atomic E-state index is 0. The van der Waals surface area contributed by atoms with Gasteiger partial charge in [0.1, 0.15) is 5.84 Å². The van der Waals surface area contributed by atoms with Gasteiger partial charge in [-0.25, -0.2) is 4.99 Å². The van der Waals surface area contributed by atoms with E-state index in [-0.39, 0.29) is 12.4 Å². The number of amidine groups is 1. The molecule has 0 spiro atoms. The summed E-state index contributed by atoms with van der Waals surface area (Å²) in [5, 5.41) is 0.729. The zero-order valence-electron chi connectivity index (χ0n) is 8.84. The number of rotatable bonds is 0. The lowest BCUT2D eigenvalue weighted by molar-refractivity contribution is 0.665. The van der Waals surface area contributed by atoms with Crippen molar-refractivity contribution >= 4 is 47.3 Å². The maximum absolute atomic E-state index is 5.98. The maximum atomic E-state index is 5.98. The predicted octanol–water partition coefficient (Wildman–Crippen LogP) is 4.24. The Kier molecular flexibility index (Phi) is 3.82. The van der Waals surface area contributed by atoms with Crippen LogP contribution in [0.15, 0.2) is 52.5 Å². The van der Waals surface area contributed by atoms with E-state index in [9.17, 15) is 0 Å². The molecule has 2 nitrogen and oxygen atoms in total. The van der Waals surface area contributed by atoms with E-state index in [1.54, 1.807) is 11.8 Å². The molecule has 0 fully saturated rings. The van der Waals surface area contributed by atoms with Crippen LogP contribution in [0.2, 0.25) is 5.02 Å². The summed E-state index contributed by atoms with van der Waals surface area (Å²) in [7, 11) is 0. The smallest absolute Gasteiger partial charge is 0.133 e. The van der Waals surface area contributed by atoms with Crippen LogP contribution in [0, 0.1) is 0 Å². The molecule has 0 amide bonds. The minimum atomic E-state index is 0. The van der Waals surface area contributed by atoms with Gasteiger partial charge in [-0.1, -0.05) is 17.7 Å². The molecule has 0 aliphatic carbocycles. The summed E-state index contributed by atoms with van der Waals surface area (Å²) in [5.74, 6) is 1.85. The fraction of sp³-hybridized carbons (Fsp3) is 0.0833. The molecule has 1 aromatic rings. The van der Waals surface area contributed by atoms with Gasteiger partial charge in [0.2, 0.25) is 0 Å². The van der Waals surface area contributed by atoms with Crippen LogP contribution in [0.25, 0.3) is 0 Å². The average Bonchev–Trinajstić information content (AvgIpc) is 2.47. The number of hydrogen-bond acceptors (Lipinski definition) is 3. The molecule has 0 saturated carbocycles. The number of nitrogens with zero attached hydrogens (tertiary/aromatic N) is 2. The molecule has 5 heteroatoms. The summed E-state index contributed by atoms with van der Waals surface area (Å²) < 4.78 is 0. The van der Waals surface area contributed by atoms with E-state index < -0.39 is 0 Å². The van der Waals surface area contributed by atoms with E-state index in [4.69, 9.17) is 11.6 Å². The fourth-order valence-electron chi connectivity index (χ4n) is 1.64. The van der Waals surface area contributed by atoms with Gasteiger partial charge in [0.05, 0.1) is 11.6 Å². The summed E-state index contributed by atoms with van der Waals surface area (Å²) in [6, 6.07) is 5.84. The third kappa shape index (κ3) is 2.51. The Labute approximate surface area is 115 Å². The van der Waals surface area contributed by atoms with Crippen LogP contribution in [0.3, 0.4) is 0 Å². The lowest BCUT2D eigenvalue weighted by atomic mass is 10.3. The molecule has 0 aromatic heterocycles. The zero-order chi connectivity index (χ0) is 11.0. The Morgan fingerprint density at radius 1 is 1.29 bits per heavy atom. The second-order valence-corrected chi connectivity index (χ2v) is 4.95. The second kappa shape index (κ2) is 5.17. The minimum Gasteiger partial charge on any atom is -0.323 e. The van der Waals surface area contributed by atoms with Crippen LogP contribution in [0.5, 0.6) is 0 Å². The maximum Gasteiger partial charge on any atom is 0.133 e. The quantitative estimate of drug-likeness (QED) is 0.708. The van der Waals surface area contributed by atoms with Gasteiger partial charge in [0, 0.05) is 16.1 Å². The third-order valence-corrected chi connectivity index (χ3v) is 3.73. The van der Waals surface area contributed by atoms with Crippen LogP contribution < -0.4 is 0 Å². The first-order valence-electron chi connectivity index (χ1n) is 4.95. The van der Waals surface area contributed by atoms with E-state index in [1.807, 2.05) is 42.6 Å². The molecule has 3 rings (SSSR count). The normalized spacial score (nSPS) is 16.5. The van der Waals surface area contributed by atoms with Gasteiger partial charge in [0.15, 0.2) is 0 Å². The number of fused-ring (bicyclic) bond motifs is 2. The molecule has 0 unspecified atom stereocenters. The van der Waals surface area contributed by atoms with Crippen molar-refractivity contribution in [3.63, 3.8) is 0 Å². The molecule has 0 atom stereocenters. The Morgan fingerprint density at radius 2 is 2.18 bits per heavy atom. The van der Waals surface area contributed by atoms with Crippen LogP contribution in [0.1, 0.15) is 0 Å². The first kappa shape index (κ1) is 12.6. The van der Waals surface area contributed by atoms with Crippen molar-refractivity contribution in [2.24, 2.45) is 4.99 Å². The second-order valence-electron chi connectivity index (χ2n) is 3.53. The van der Waals surface area contributed by atoms with Crippen LogP contribution in [-0.4, -0.2) is 16.6 Å². The van der Waals surface area contributed by atoms with Gasteiger partial charge in [-0.05, 0) is 30.4 Å². The molecule has 2 heterocycles. The Bertz CT molecular complexity index is 523. The van der Waals surface area contributed by atoms with E-state index >= 15 is 0 Å². The Hall–Kier alpha value is -0.900. The first-order chi connectivity index (χ1) is 7.83. The van der Waals surface area contributed by atoms with Crippen LogP contribution in [0.4, 0.5) is 5.69 Å². The first-order valence-corrected chi connectivity index (χ1v) is 6.32. The van der Waals surface area contributed by atoms with Crippen molar-refractivity contribution in [1.82, 2.24) is 4.90 Å². The molecule has 1 aromatic carbocycles. The summed E-state index contributed by atoms with van der Waals surface area (Å²) in [5.41, 5.74) is 0.954. The fourth-order valence-corrected chi connectivity index (χ4v) is 2.72. The molecule has 0 bridgehead atoms. The number of aliphatic imine (C=N–C) groups is 1. The number of allylic oxidation sites excluding steroid dienone is 2. The van der Waals surface area contributed by atoms with E-state index in [1.165, 1.54) is 4.90 Å². The zero-order valence-corrected chi connectivity index (χ0v) is 11.2. The summed E-state index contributed by atoms with van der Waals surface area (Å²) in [6.45, 7) is 0. The predicted molar refractivity (Wildman–Crippen MR) is 76.6 cm³/mol. The third-order valence-electron chi connectivity index (χ3n) is 2.43. The monoisotopic (exact) mass is 284 g/mol. The molecule has 0 radical (unpaired) electrons. The van der Waals surface area contributed by atoms with Crippen molar-refractivity contribution < 1.29 is 0 Å². The van der Waals surface area contributed by atoms with Gasteiger partial charge >= 0.3 is 0 Å². The standard InChI is InChI=1S/C12H9ClN2S.ClH/c13-9-4-5-11-10(7-9)14-12-3-1-2-6-15(12)8-16-11;/h1-7H,8H2;1H. The van der Waals surface area contributed by atoms with Gasteiger partial charge < -0.3 is 4.90 Å². The lowest BCUT2D eigenvalue weighted by Crippen LogP contribution is -2.23. The SMILES string of the molecule is Cl.Clc1ccc2c(c1)N=C1C=CC=CN1CS2. The molecule has 0 saturated heterocycles. The van der Waals surface area contributed by atoms with Crippen molar-refractivity contribution in [2.45, 2.75) is 4.90 Å². The lowest BCUT2D eigenvalue weighted by Gasteiger charge is -2.19. The highest BCUT2D eigenvalue weighted by molar-refractivity contribution is 7.99. The highest BCUT2D eigenvalue weighted by Gasteiger charge is 2.15. The molecule has 2 aliphatic rings. The van der Waals surface area contributed by atoms with Gasteiger partial charge in [-0.2, -0.15) is 0 Å². The van der Waals surface area contributed by atoms with Crippen LogP contribution >= 0.6 is 35.8 Å². The van der Waals surface area contributed by atoms with Crippen molar-refractivity contribution in [2.75, 3.05) is 5.88 Å². The number of halogens is 2. The van der Waals surface area contributed by atoms with Crippen molar-refractivity contribution in [3.8, 4) is 0 Å². The number of thioether (sulfide) groups is 1. The van der Waals surface area contributed by atoms with Gasteiger partial charge in [-0.3, -0.25) is 0 Å². The molecular weight excluding hydrogens is 275 g/mol. The molecule has 88 valence electrons. The molecule has 2 aliphatic heterocycles. The Morgan fingerprint density at radius 3 is 3.06 bits per heavy atom. The average molecular weight is 285 g/mol. The summed E-state index contributed by atoms with van der Waals surface area (Å²) in [4.78, 5) is 7.92. The van der Waals surface area contributed by atoms with Crippen molar-refractivity contribution in [1.29, 1.82) is 0 Å². The van der Waals surface area contributed by atoms with E-state index in [0.717, 1.165) is 22.4 Å². The topological polar surface area (TPSA) is 15.6 Å². The van der Waals surface area contributed by atoms with Gasteiger partial charge in [0.25, 0.3) is 0 Å². The summed E-state index contributed by atoms with van der Waals surface area (Å²) >= 11 is 7.75. The highest BCUT2D eigenvalue weighted by Crippen LogP contribution is 2.35. The summed E-state index contributed by atoms with van der Waals surface area (Å²) in [6.07, 6.45) is 8.06. The highest BCUT2D eigenvalue weighted by atomic mass is 35.5. The van der Waals surface area contributed by atoms with Gasteiger partial charge in [-0.15, -0.1) is 24.2 Å². The number of benzene rings is 1. The number of hydrogen-bond donors (Lipinski definition) is 0. The van der Waals surface area contributed by atoms with E-state index in [2.05, 4.69) is 9.89 Å². The largest absolute Gasteiger partial charge is 0.323 e. The molecule has 0 N–H and O–H groups in total. The molecule has 17 heavy (non-hydrogen) atoms. The van der Waals surface area contributed by atoms with Crippen molar-refractivity contribution in [3.05, 3.63) is 47.6 Å². The molecular formula is C12H10Cl2N2S. The van der Waals surface area contributed by atoms with Crippen LogP contribution in [-0.2, 0) is 0 Å². The Balaban J connectivity index is 0.00000108.